The number of carbonyl (C=O) groups excluding carboxylic acids is 1. The van der Waals surface area contributed by atoms with E-state index < -0.39 is 6.29 Å². The molecule has 0 aliphatic carbocycles. The molecule has 0 spiro atoms. The van der Waals surface area contributed by atoms with Crippen LogP contribution < -0.4 is 0 Å². The Balaban J connectivity index is 3.61. The van der Waals surface area contributed by atoms with Gasteiger partial charge in [0.2, 0.25) is 0 Å². The third-order valence-corrected chi connectivity index (χ3v) is 1.62. The number of hydrogen-bond acceptors (Lipinski definition) is 5. The lowest BCUT2D eigenvalue weighted by Gasteiger charge is -2.19. The highest BCUT2D eigenvalue weighted by Gasteiger charge is 2.13. The zero-order chi connectivity index (χ0) is 10.8. The molecule has 0 fully saturated rings. The fraction of sp³-hybridized carbons (Fsp3) is 0.889. The Morgan fingerprint density at radius 1 is 1.36 bits per heavy atom. The third kappa shape index (κ3) is 6.82. The third-order valence-electron chi connectivity index (χ3n) is 1.62. The zero-order valence-electron chi connectivity index (χ0n) is 8.64. The zero-order valence-corrected chi connectivity index (χ0v) is 8.64. The van der Waals surface area contributed by atoms with Crippen LogP contribution in [0.25, 0.3) is 0 Å². The van der Waals surface area contributed by atoms with E-state index in [2.05, 4.69) is 4.74 Å². The van der Waals surface area contributed by atoms with Crippen molar-refractivity contribution in [3.05, 3.63) is 0 Å². The van der Waals surface area contributed by atoms with Gasteiger partial charge in [-0.1, -0.05) is 6.92 Å². The molecule has 2 atom stereocenters. The van der Waals surface area contributed by atoms with Crippen molar-refractivity contribution in [2.45, 2.75) is 32.7 Å². The quantitative estimate of drug-likeness (QED) is 0.434. The van der Waals surface area contributed by atoms with Crippen molar-refractivity contribution < 1.29 is 24.1 Å². The predicted molar refractivity (Wildman–Crippen MR) is 49.7 cm³/mol. The first kappa shape index (κ1) is 13.4. The number of carbonyl (C=O) groups is 1. The largest absolute Gasteiger partial charge is 0.462 e. The molecule has 0 aromatic heterocycles. The second-order valence-corrected chi connectivity index (χ2v) is 2.71. The standard InChI is InChI=1S/C9H18O5/c1-3-8(5-12-4-2)14-9(11)6-13-7-10/h7-9,11H,3-6H2,1-2H3. The van der Waals surface area contributed by atoms with Gasteiger partial charge in [0.05, 0.1) is 12.7 Å². The maximum atomic E-state index is 9.82. The van der Waals surface area contributed by atoms with Gasteiger partial charge >= 0.3 is 0 Å². The Morgan fingerprint density at radius 2 is 2.07 bits per heavy atom. The average Bonchev–Trinajstić information content (AvgIpc) is 2.21. The number of aliphatic hydroxyl groups is 1. The van der Waals surface area contributed by atoms with Gasteiger partial charge in [-0.25, -0.2) is 0 Å². The molecule has 0 bridgehead atoms. The van der Waals surface area contributed by atoms with Crippen LogP contribution in [0, 0.1) is 0 Å². The molecular formula is C9H18O5. The summed E-state index contributed by atoms with van der Waals surface area (Å²) in [5.74, 6) is 0. The summed E-state index contributed by atoms with van der Waals surface area (Å²) in [6, 6.07) is 0. The Morgan fingerprint density at radius 3 is 2.57 bits per heavy atom. The Labute approximate surface area is 84.0 Å². The van der Waals surface area contributed by atoms with E-state index in [9.17, 15) is 9.90 Å². The number of hydrogen-bond donors (Lipinski definition) is 1. The monoisotopic (exact) mass is 206 g/mol. The van der Waals surface area contributed by atoms with Crippen LogP contribution in [0.15, 0.2) is 0 Å². The van der Waals surface area contributed by atoms with E-state index in [4.69, 9.17) is 9.47 Å². The van der Waals surface area contributed by atoms with Crippen LogP contribution in [0.3, 0.4) is 0 Å². The molecule has 0 aliphatic rings. The molecule has 2 unspecified atom stereocenters. The smallest absolute Gasteiger partial charge is 0.293 e. The van der Waals surface area contributed by atoms with Crippen molar-refractivity contribution >= 4 is 6.47 Å². The van der Waals surface area contributed by atoms with E-state index in [1.807, 2.05) is 13.8 Å². The molecule has 0 saturated carbocycles. The lowest BCUT2D eigenvalue weighted by Crippen LogP contribution is -2.28. The molecule has 0 amide bonds. The van der Waals surface area contributed by atoms with Gasteiger partial charge in [-0.05, 0) is 13.3 Å². The minimum atomic E-state index is -1.08. The summed E-state index contributed by atoms with van der Waals surface area (Å²) in [7, 11) is 0. The van der Waals surface area contributed by atoms with Crippen molar-refractivity contribution in [2.24, 2.45) is 0 Å². The van der Waals surface area contributed by atoms with Crippen molar-refractivity contribution in [1.82, 2.24) is 0 Å². The van der Waals surface area contributed by atoms with E-state index >= 15 is 0 Å². The Hall–Kier alpha value is -0.650. The fourth-order valence-corrected chi connectivity index (χ4v) is 0.886. The average molecular weight is 206 g/mol. The summed E-state index contributed by atoms with van der Waals surface area (Å²) in [5.41, 5.74) is 0. The lowest BCUT2D eigenvalue weighted by atomic mass is 10.3. The van der Waals surface area contributed by atoms with Crippen molar-refractivity contribution in [2.75, 3.05) is 19.8 Å². The van der Waals surface area contributed by atoms with Gasteiger partial charge in [-0.3, -0.25) is 4.79 Å². The highest BCUT2D eigenvalue weighted by molar-refractivity contribution is 5.36. The topological polar surface area (TPSA) is 65.0 Å². The summed E-state index contributed by atoms with van der Waals surface area (Å²) in [6.45, 7) is 4.99. The maximum absolute atomic E-state index is 9.82. The van der Waals surface area contributed by atoms with Gasteiger partial charge < -0.3 is 19.3 Å². The summed E-state index contributed by atoms with van der Waals surface area (Å²) < 4.78 is 14.6. The summed E-state index contributed by atoms with van der Waals surface area (Å²) in [5, 5.41) is 9.22. The van der Waals surface area contributed by atoms with Gasteiger partial charge in [0.25, 0.3) is 6.47 Å². The Kier molecular flexibility index (Phi) is 8.51. The van der Waals surface area contributed by atoms with E-state index in [0.29, 0.717) is 13.2 Å². The molecular weight excluding hydrogens is 188 g/mol. The van der Waals surface area contributed by atoms with Crippen LogP contribution in [0.2, 0.25) is 0 Å². The van der Waals surface area contributed by atoms with Gasteiger partial charge in [0.15, 0.2) is 6.29 Å². The van der Waals surface area contributed by atoms with Crippen LogP contribution in [-0.2, 0) is 19.0 Å². The van der Waals surface area contributed by atoms with Crippen LogP contribution >= 0.6 is 0 Å². The van der Waals surface area contributed by atoms with Crippen LogP contribution in [-0.4, -0.2) is 43.8 Å². The van der Waals surface area contributed by atoms with E-state index in [0.717, 1.165) is 6.42 Å². The molecule has 0 aromatic carbocycles. The fourth-order valence-electron chi connectivity index (χ4n) is 0.886. The first-order valence-electron chi connectivity index (χ1n) is 4.71. The molecule has 14 heavy (non-hydrogen) atoms. The number of rotatable bonds is 9. The minimum absolute atomic E-state index is 0.147. The second kappa shape index (κ2) is 8.93. The normalized spacial score (nSPS) is 14.8. The number of ether oxygens (including phenoxy) is 3. The highest BCUT2D eigenvalue weighted by atomic mass is 16.6. The molecule has 0 saturated heterocycles. The maximum Gasteiger partial charge on any atom is 0.293 e. The summed E-state index contributed by atoms with van der Waals surface area (Å²) in [4.78, 5) is 9.82. The molecule has 0 radical (unpaired) electrons. The molecule has 0 aliphatic heterocycles. The molecule has 1 N–H and O–H groups in total. The second-order valence-electron chi connectivity index (χ2n) is 2.71. The highest BCUT2D eigenvalue weighted by Crippen LogP contribution is 2.02. The Bertz CT molecular complexity index is 139. The number of aliphatic hydroxyl groups excluding tert-OH is 1. The molecule has 84 valence electrons. The summed E-state index contributed by atoms with van der Waals surface area (Å²) in [6.07, 6.45) is -0.510. The van der Waals surface area contributed by atoms with E-state index in [-0.39, 0.29) is 19.2 Å². The van der Waals surface area contributed by atoms with Gasteiger partial charge in [-0.2, -0.15) is 0 Å². The SMILES string of the molecule is CCOCC(CC)OC(O)COC=O. The first-order chi connectivity index (χ1) is 6.74. The van der Waals surface area contributed by atoms with Gasteiger partial charge in [-0.15, -0.1) is 0 Å². The van der Waals surface area contributed by atoms with Crippen molar-refractivity contribution in [3.8, 4) is 0 Å². The predicted octanol–water partition coefficient (Wildman–Crippen LogP) is 0.309. The minimum Gasteiger partial charge on any atom is -0.462 e. The lowest BCUT2D eigenvalue weighted by molar-refractivity contribution is -0.179. The molecule has 5 heteroatoms. The molecule has 0 aromatic rings. The van der Waals surface area contributed by atoms with Gasteiger partial charge in [0, 0.05) is 6.61 Å². The summed E-state index contributed by atoms with van der Waals surface area (Å²) >= 11 is 0. The van der Waals surface area contributed by atoms with Crippen LogP contribution in [0.1, 0.15) is 20.3 Å². The van der Waals surface area contributed by atoms with Crippen molar-refractivity contribution in [3.63, 3.8) is 0 Å². The van der Waals surface area contributed by atoms with E-state index in [1.54, 1.807) is 0 Å². The van der Waals surface area contributed by atoms with Gasteiger partial charge in [0.1, 0.15) is 6.61 Å². The van der Waals surface area contributed by atoms with E-state index in [1.165, 1.54) is 0 Å². The van der Waals surface area contributed by atoms with Crippen LogP contribution in [0.5, 0.6) is 0 Å². The van der Waals surface area contributed by atoms with Crippen LogP contribution in [0.4, 0.5) is 0 Å². The molecule has 0 heterocycles. The first-order valence-corrected chi connectivity index (χ1v) is 4.71. The molecule has 5 nitrogen and oxygen atoms in total. The molecule has 0 rings (SSSR count). The van der Waals surface area contributed by atoms with Crippen molar-refractivity contribution in [1.29, 1.82) is 0 Å².